The molecule has 0 spiro atoms. The summed E-state index contributed by atoms with van der Waals surface area (Å²) in [6.07, 6.45) is -3.22. The van der Waals surface area contributed by atoms with Crippen LogP contribution >= 0.6 is 0 Å². The molecule has 0 aliphatic rings. The van der Waals surface area contributed by atoms with Gasteiger partial charge in [-0.15, -0.1) is 0 Å². The van der Waals surface area contributed by atoms with Gasteiger partial charge in [-0.3, -0.25) is 0 Å². The summed E-state index contributed by atoms with van der Waals surface area (Å²) in [6, 6.07) is 2.61. The molecule has 0 saturated heterocycles. The number of nitrogens with one attached hydrogen (secondary N) is 1. The Kier molecular flexibility index (Phi) is 5.35. The number of rotatable bonds is 6. The number of hydrogen-bond acceptors (Lipinski definition) is 4. The van der Waals surface area contributed by atoms with Crippen molar-refractivity contribution in [2.45, 2.75) is 24.9 Å². The first-order valence-electron chi connectivity index (χ1n) is 5.98. The quantitative estimate of drug-likeness (QED) is 0.874. The largest absolute Gasteiger partial charge is 0.402 e. The fourth-order valence-corrected chi connectivity index (χ4v) is 3.16. The molecule has 1 N–H and O–H groups in total. The standard InChI is InChI=1S/C11H16F3N3O2S/c1-3-15-10-9(6-5-7-16-10)20(18,19)17(4-2)8-11(12,13)14/h5-7H,3-4,8H2,1-2H3,(H,15,16). The first-order chi connectivity index (χ1) is 9.22. The third-order valence-corrected chi connectivity index (χ3v) is 4.39. The molecule has 1 aromatic heterocycles. The van der Waals surface area contributed by atoms with Gasteiger partial charge >= 0.3 is 6.18 Å². The van der Waals surface area contributed by atoms with Crippen LogP contribution < -0.4 is 5.32 Å². The van der Waals surface area contributed by atoms with Gasteiger partial charge in [0.25, 0.3) is 0 Å². The van der Waals surface area contributed by atoms with E-state index in [2.05, 4.69) is 10.3 Å². The van der Waals surface area contributed by atoms with Crippen LogP contribution in [0.5, 0.6) is 0 Å². The molecule has 0 saturated carbocycles. The molecule has 0 bridgehead atoms. The number of aromatic nitrogens is 1. The predicted molar refractivity (Wildman–Crippen MR) is 68.9 cm³/mol. The maximum absolute atomic E-state index is 12.5. The highest BCUT2D eigenvalue weighted by Crippen LogP contribution is 2.25. The van der Waals surface area contributed by atoms with Crippen molar-refractivity contribution in [3.8, 4) is 0 Å². The first-order valence-corrected chi connectivity index (χ1v) is 7.42. The Balaban J connectivity index is 3.21. The van der Waals surface area contributed by atoms with Crippen LogP contribution in [0.25, 0.3) is 0 Å². The number of alkyl halides is 3. The van der Waals surface area contributed by atoms with E-state index in [1.54, 1.807) is 6.92 Å². The molecule has 0 aromatic carbocycles. The van der Waals surface area contributed by atoms with Gasteiger partial charge in [-0.25, -0.2) is 13.4 Å². The van der Waals surface area contributed by atoms with E-state index in [0.717, 1.165) is 0 Å². The van der Waals surface area contributed by atoms with Gasteiger partial charge in [-0.2, -0.15) is 17.5 Å². The molecule has 0 aliphatic heterocycles. The van der Waals surface area contributed by atoms with Crippen molar-refractivity contribution in [3.05, 3.63) is 18.3 Å². The van der Waals surface area contributed by atoms with Crippen LogP contribution in [-0.2, 0) is 10.0 Å². The molecule has 1 heterocycles. The lowest BCUT2D eigenvalue weighted by Crippen LogP contribution is -2.39. The Morgan fingerprint density at radius 2 is 2.00 bits per heavy atom. The summed E-state index contributed by atoms with van der Waals surface area (Å²) >= 11 is 0. The number of hydrogen-bond donors (Lipinski definition) is 1. The predicted octanol–water partition coefficient (Wildman–Crippen LogP) is 2.09. The zero-order valence-electron chi connectivity index (χ0n) is 11.1. The van der Waals surface area contributed by atoms with Crippen LogP contribution in [0.3, 0.4) is 0 Å². The van der Waals surface area contributed by atoms with E-state index in [1.165, 1.54) is 25.3 Å². The third-order valence-electron chi connectivity index (χ3n) is 2.44. The van der Waals surface area contributed by atoms with Crippen LogP contribution in [0.2, 0.25) is 0 Å². The summed E-state index contributed by atoms with van der Waals surface area (Å²) in [7, 11) is -4.25. The SMILES string of the molecule is CCNc1ncccc1S(=O)(=O)N(CC)CC(F)(F)F. The van der Waals surface area contributed by atoms with Crippen molar-refractivity contribution in [2.75, 3.05) is 25.0 Å². The van der Waals surface area contributed by atoms with Crippen molar-refractivity contribution in [1.82, 2.24) is 9.29 Å². The topological polar surface area (TPSA) is 62.3 Å². The lowest BCUT2D eigenvalue weighted by molar-refractivity contribution is -0.135. The molecule has 1 rings (SSSR count). The average molecular weight is 311 g/mol. The second-order valence-corrected chi connectivity index (χ2v) is 5.83. The van der Waals surface area contributed by atoms with Gasteiger partial charge in [-0.1, -0.05) is 6.92 Å². The average Bonchev–Trinajstić information content (AvgIpc) is 2.35. The Morgan fingerprint density at radius 1 is 1.35 bits per heavy atom. The normalized spacial score (nSPS) is 12.7. The molecule has 0 unspecified atom stereocenters. The molecular formula is C11H16F3N3O2S. The lowest BCUT2D eigenvalue weighted by Gasteiger charge is -2.22. The summed E-state index contributed by atoms with van der Waals surface area (Å²) < 4.78 is 62.3. The summed E-state index contributed by atoms with van der Waals surface area (Å²) in [5, 5.41) is 2.73. The third kappa shape index (κ3) is 4.07. The van der Waals surface area contributed by atoms with E-state index in [0.29, 0.717) is 10.8 Å². The zero-order valence-corrected chi connectivity index (χ0v) is 11.9. The van der Waals surface area contributed by atoms with Gasteiger partial charge in [0.1, 0.15) is 17.3 Å². The minimum atomic E-state index is -4.59. The number of sulfonamides is 1. The summed E-state index contributed by atoms with van der Waals surface area (Å²) in [4.78, 5) is 3.59. The monoisotopic (exact) mass is 311 g/mol. The molecule has 0 atom stereocenters. The Hall–Kier alpha value is -1.35. The van der Waals surface area contributed by atoms with Crippen molar-refractivity contribution in [3.63, 3.8) is 0 Å². The smallest absolute Gasteiger partial charge is 0.369 e. The maximum atomic E-state index is 12.5. The lowest BCUT2D eigenvalue weighted by atomic mass is 10.4. The van der Waals surface area contributed by atoms with Gasteiger partial charge in [0.2, 0.25) is 10.0 Å². The van der Waals surface area contributed by atoms with E-state index in [1.807, 2.05) is 0 Å². The number of pyridine rings is 1. The minimum absolute atomic E-state index is 0.0515. The molecule has 0 radical (unpaired) electrons. The van der Waals surface area contributed by atoms with Crippen LogP contribution in [-0.4, -0.2) is 43.5 Å². The zero-order chi connectivity index (χ0) is 15.4. The molecular weight excluding hydrogens is 295 g/mol. The fourth-order valence-electron chi connectivity index (χ4n) is 1.60. The van der Waals surface area contributed by atoms with Gasteiger partial charge in [0.15, 0.2) is 0 Å². The number of halogens is 3. The summed E-state index contributed by atoms with van der Waals surface area (Å²) in [5.41, 5.74) is 0. The van der Waals surface area contributed by atoms with Crippen LogP contribution in [0.15, 0.2) is 23.2 Å². The summed E-state index contributed by atoms with van der Waals surface area (Å²) in [5.74, 6) is 0.0515. The van der Waals surface area contributed by atoms with Gasteiger partial charge < -0.3 is 5.32 Å². The van der Waals surface area contributed by atoms with Gasteiger partial charge in [0.05, 0.1) is 0 Å². The molecule has 5 nitrogen and oxygen atoms in total. The molecule has 20 heavy (non-hydrogen) atoms. The summed E-state index contributed by atoms with van der Waals surface area (Å²) in [6.45, 7) is 1.70. The molecule has 114 valence electrons. The van der Waals surface area contributed by atoms with E-state index < -0.39 is 22.7 Å². The molecule has 9 heteroatoms. The number of anilines is 1. The minimum Gasteiger partial charge on any atom is -0.369 e. The van der Waals surface area contributed by atoms with E-state index in [-0.39, 0.29) is 17.3 Å². The van der Waals surface area contributed by atoms with Crippen LogP contribution in [0.1, 0.15) is 13.8 Å². The fraction of sp³-hybridized carbons (Fsp3) is 0.545. The Bertz CT molecular complexity index is 546. The highest BCUT2D eigenvalue weighted by molar-refractivity contribution is 7.89. The second kappa shape index (κ2) is 6.40. The van der Waals surface area contributed by atoms with Crippen LogP contribution in [0, 0.1) is 0 Å². The van der Waals surface area contributed by atoms with Crippen molar-refractivity contribution in [2.24, 2.45) is 0 Å². The van der Waals surface area contributed by atoms with Crippen molar-refractivity contribution in [1.29, 1.82) is 0 Å². The first kappa shape index (κ1) is 16.7. The highest BCUT2D eigenvalue weighted by Gasteiger charge is 2.37. The van der Waals surface area contributed by atoms with Gasteiger partial charge in [0, 0.05) is 19.3 Å². The van der Waals surface area contributed by atoms with Crippen LogP contribution in [0.4, 0.5) is 19.0 Å². The van der Waals surface area contributed by atoms with E-state index >= 15 is 0 Å². The molecule has 0 fully saturated rings. The molecule has 1 aromatic rings. The molecule has 0 amide bonds. The highest BCUT2D eigenvalue weighted by atomic mass is 32.2. The van der Waals surface area contributed by atoms with Crippen molar-refractivity contribution >= 4 is 15.8 Å². The van der Waals surface area contributed by atoms with Gasteiger partial charge in [-0.05, 0) is 19.1 Å². The Morgan fingerprint density at radius 3 is 2.50 bits per heavy atom. The van der Waals surface area contributed by atoms with Crippen molar-refractivity contribution < 1.29 is 21.6 Å². The Labute approximate surface area is 115 Å². The molecule has 0 aliphatic carbocycles. The van der Waals surface area contributed by atoms with E-state index in [4.69, 9.17) is 0 Å². The maximum Gasteiger partial charge on any atom is 0.402 e. The second-order valence-electron chi connectivity index (χ2n) is 3.93. The van der Waals surface area contributed by atoms with E-state index in [9.17, 15) is 21.6 Å². The number of nitrogens with zero attached hydrogens (tertiary/aromatic N) is 2.